The van der Waals surface area contributed by atoms with E-state index >= 15 is 0 Å². The van der Waals surface area contributed by atoms with Crippen molar-refractivity contribution in [3.63, 3.8) is 0 Å². The van der Waals surface area contributed by atoms with Gasteiger partial charge in [-0.05, 0) is 42.7 Å². The molecule has 5 aromatic rings. The predicted octanol–water partition coefficient (Wildman–Crippen LogP) is 3.50. The normalized spacial score (nSPS) is 11.8. The average Bonchev–Trinajstić information content (AvgIpc) is 3.20. The van der Waals surface area contributed by atoms with Gasteiger partial charge in [-0.3, -0.25) is 0 Å². The van der Waals surface area contributed by atoms with Crippen LogP contribution in [0.5, 0.6) is 0 Å². The van der Waals surface area contributed by atoms with Crippen LogP contribution in [-0.4, -0.2) is 29.8 Å². The third-order valence-electron chi connectivity index (χ3n) is 4.70. The lowest BCUT2D eigenvalue weighted by Gasteiger charge is -2.01. The Morgan fingerprint density at radius 2 is 1.77 bits per heavy atom. The lowest BCUT2D eigenvalue weighted by molar-refractivity contribution is 0.627. The third-order valence-corrected chi connectivity index (χ3v) is 4.70. The minimum atomic E-state index is -0.258. The Balaban J connectivity index is 1.73. The van der Waals surface area contributed by atoms with E-state index in [1.165, 1.54) is 12.1 Å². The van der Waals surface area contributed by atoms with Crippen LogP contribution in [-0.2, 0) is 6.42 Å². The molecular formula is C19H15FN6. The van der Waals surface area contributed by atoms with Crippen LogP contribution in [0.15, 0.2) is 36.4 Å². The van der Waals surface area contributed by atoms with Crippen molar-refractivity contribution in [3.8, 4) is 0 Å². The summed E-state index contributed by atoms with van der Waals surface area (Å²) in [6, 6.07) is 10.5. The Morgan fingerprint density at radius 3 is 2.58 bits per heavy atom. The van der Waals surface area contributed by atoms with E-state index in [4.69, 9.17) is 5.10 Å². The summed E-state index contributed by atoms with van der Waals surface area (Å²) >= 11 is 0. The first-order valence-electron chi connectivity index (χ1n) is 8.34. The number of hydrogen-bond donors (Lipinski definition) is 1. The molecule has 0 amide bonds. The van der Waals surface area contributed by atoms with Crippen molar-refractivity contribution in [1.29, 1.82) is 0 Å². The van der Waals surface area contributed by atoms with Crippen molar-refractivity contribution in [1.82, 2.24) is 29.8 Å². The highest BCUT2D eigenvalue weighted by atomic mass is 19.1. The summed E-state index contributed by atoms with van der Waals surface area (Å²) in [5.41, 5.74) is 5.76. The van der Waals surface area contributed by atoms with Crippen LogP contribution in [0.2, 0.25) is 0 Å². The van der Waals surface area contributed by atoms with Crippen LogP contribution in [0.1, 0.15) is 22.5 Å². The third kappa shape index (κ3) is 2.17. The van der Waals surface area contributed by atoms with Crippen LogP contribution < -0.4 is 0 Å². The number of H-pyrrole nitrogens is 1. The van der Waals surface area contributed by atoms with Crippen molar-refractivity contribution in [3.05, 3.63) is 64.7 Å². The van der Waals surface area contributed by atoms with Gasteiger partial charge >= 0.3 is 0 Å². The van der Waals surface area contributed by atoms with Gasteiger partial charge in [0.2, 0.25) is 0 Å². The predicted molar refractivity (Wildman–Crippen MR) is 96.6 cm³/mol. The van der Waals surface area contributed by atoms with Gasteiger partial charge in [0.15, 0.2) is 11.5 Å². The molecule has 2 aromatic carbocycles. The summed E-state index contributed by atoms with van der Waals surface area (Å²) in [6.45, 7) is 4.12. The van der Waals surface area contributed by atoms with Crippen molar-refractivity contribution < 1.29 is 4.39 Å². The van der Waals surface area contributed by atoms with Crippen molar-refractivity contribution >= 4 is 27.8 Å². The van der Waals surface area contributed by atoms with E-state index in [1.807, 2.05) is 0 Å². The zero-order valence-electron chi connectivity index (χ0n) is 14.3. The van der Waals surface area contributed by atoms with Gasteiger partial charge in [-0.1, -0.05) is 24.3 Å². The summed E-state index contributed by atoms with van der Waals surface area (Å²) < 4.78 is 14.8. The molecule has 0 spiro atoms. The molecule has 0 fully saturated rings. The smallest absolute Gasteiger partial charge is 0.273 e. The number of nitrogens with one attached hydrogen (secondary N) is 1. The van der Waals surface area contributed by atoms with Gasteiger partial charge in [0.25, 0.3) is 5.78 Å². The molecule has 0 saturated heterocycles. The fourth-order valence-corrected chi connectivity index (χ4v) is 3.32. The Morgan fingerprint density at radius 1 is 1.00 bits per heavy atom. The van der Waals surface area contributed by atoms with E-state index in [1.54, 1.807) is 16.6 Å². The van der Waals surface area contributed by atoms with Gasteiger partial charge in [-0.15, -0.1) is 10.2 Å². The Kier molecular flexibility index (Phi) is 3.06. The Labute approximate surface area is 147 Å². The number of aryl methyl sites for hydroxylation is 2. The molecule has 0 unspecified atom stereocenters. The van der Waals surface area contributed by atoms with Crippen LogP contribution in [0, 0.1) is 19.7 Å². The molecule has 5 rings (SSSR count). The molecule has 0 saturated carbocycles. The molecule has 3 aromatic heterocycles. The Hall–Kier alpha value is -3.35. The van der Waals surface area contributed by atoms with Crippen LogP contribution in [0.25, 0.3) is 27.8 Å². The molecule has 0 aliphatic heterocycles. The van der Waals surface area contributed by atoms with E-state index in [-0.39, 0.29) is 5.82 Å². The Bertz CT molecular complexity index is 1280. The standard InChI is InChI=1S/C19H15FN6/c1-10-3-4-11(2)16-15(10)17-18(21-16)22-19-24-23-14(26(19)25-17)9-12-5-7-13(20)8-6-12/h3-8H,9H2,1-2H3,(H,21,22,24). The number of aromatic nitrogens is 6. The van der Waals surface area contributed by atoms with Crippen LogP contribution in [0.4, 0.5) is 4.39 Å². The first-order valence-corrected chi connectivity index (χ1v) is 8.34. The maximum absolute atomic E-state index is 13.1. The summed E-state index contributed by atoms with van der Waals surface area (Å²) in [7, 11) is 0. The van der Waals surface area contributed by atoms with E-state index in [2.05, 4.69) is 46.1 Å². The molecular weight excluding hydrogens is 331 g/mol. The van der Waals surface area contributed by atoms with Crippen molar-refractivity contribution in [2.24, 2.45) is 0 Å². The van der Waals surface area contributed by atoms with Gasteiger partial charge in [0, 0.05) is 11.8 Å². The van der Waals surface area contributed by atoms with Gasteiger partial charge in [-0.25, -0.2) is 4.39 Å². The summed E-state index contributed by atoms with van der Waals surface area (Å²) in [4.78, 5) is 7.93. The number of fused-ring (bicyclic) bond motifs is 4. The molecule has 0 atom stereocenters. The first-order chi connectivity index (χ1) is 12.6. The second-order valence-electron chi connectivity index (χ2n) is 6.51. The fourth-order valence-electron chi connectivity index (χ4n) is 3.32. The second-order valence-corrected chi connectivity index (χ2v) is 6.51. The van der Waals surface area contributed by atoms with Gasteiger partial charge in [-0.2, -0.15) is 14.6 Å². The quantitative estimate of drug-likeness (QED) is 0.531. The number of rotatable bonds is 2. The van der Waals surface area contributed by atoms with E-state index in [0.717, 1.165) is 33.1 Å². The number of nitrogens with zero attached hydrogens (tertiary/aromatic N) is 5. The molecule has 0 radical (unpaired) electrons. The average molecular weight is 346 g/mol. The minimum Gasteiger partial charge on any atom is -0.337 e. The number of halogens is 1. The highest BCUT2D eigenvalue weighted by Gasteiger charge is 2.16. The zero-order chi connectivity index (χ0) is 17.8. The topological polar surface area (TPSA) is 71.8 Å². The summed E-state index contributed by atoms with van der Waals surface area (Å²) in [6.07, 6.45) is 0.502. The SMILES string of the molecule is Cc1ccc(C)c2c1[nH]c1nc3nnc(Cc4ccc(F)cc4)n3nc12. The summed E-state index contributed by atoms with van der Waals surface area (Å²) in [5.74, 6) is 0.850. The molecule has 3 heterocycles. The van der Waals surface area contributed by atoms with Gasteiger partial charge in [0.05, 0.1) is 5.52 Å². The largest absolute Gasteiger partial charge is 0.337 e. The molecule has 0 aliphatic rings. The second kappa shape index (κ2) is 5.32. The molecule has 6 nitrogen and oxygen atoms in total. The molecule has 128 valence electrons. The van der Waals surface area contributed by atoms with E-state index in [9.17, 15) is 4.39 Å². The van der Waals surface area contributed by atoms with E-state index in [0.29, 0.717) is 23.7 Å². The van der Waals surface area contributed by atoms with Gasteiger partial charge < -0.3 is 4.98 Å². The monoisotopic (exact) mass is 346 g/mol. The molecule has 0 aliphatic carbocycles. The first kappa shape index (κ1) is 14.9. The van der Waals surface area contributed by atoms with Crippen molar-refractivity contribution in [2.45, 2.75) is 20.3 Å². The maximum Gasteiger partial charge on any atom is 0.273 e. The highest BCUT2D eigenvalue weighted by Crippen LogP contribution is 2.28. The van der Waals surface area contributed by atoms with Crippen molar-refractivity contribution in [2.75, 3.05) is 0 Å². The lowest BCUT2D eigenvalue weighted by Crippen LogP contribution is -2.02. The highest BCUT2D eigenvalue weighted by molar-refractivity contribution is 6.06. The van der Waals surface area contributed by atoms with Gasteiger partial charge in [0.1, 0.15) is 11.3 Å². The summed E-state index contributed by atoms with van der Waals surface area (Å²) in [5, 5.41) is 14.2. The number of hydrogen-bond acceptors (Lipinski definition) is 4. The van der Waals surface area contributed by atoms with E-state index < -0.39 is 0 Å². The number of aromatic amines is 1. The zero-order valence-corrected chi connectivity index (χ0v) is 14.3. The molecule has 7 heteroatoms. The molecule has 1 N–H and O–H groups in total. The van der Waals surface area contributed by atoms with Crippen LogP contribution >= 0.6 is 0 Å². The molecule has 0 bridgehead atoms. The van der Waals surface area contributed by atoms with Crippen LogP contribution in [0.3, 0.4) is 0 Å². The maximum atomic E-state index is 13.1. The molecule has 26 heavy (non-hydrogen) atoms. The minimum absolute atomic E-state index is 0.258. The number of benzene rings is 2. The lowest BCUT2D eigenvalue weighted by atomic mass is 10.1. The fraction of sp³-hybridized carbons (Fsp3) is 0.158.